The average Bonchev–Trinajstić information content (AvgIpc) is 2.39. The number of ether oxygens (including phenoxy) is 1. The summed E-state index contributed by atoms with van der Waals surface area (Å²) in [6, 6.07) is 14.6. The lowest BCUT2D eigenvalue weighted by molar-refractivity contribution is 0.0697. The van der Waals surface area contributed by atoms with Crippen LogP contribution in [0.1, 0.15) is 24.2 Å². The molecule has 0 aliphatic carbocycles. The number of rotatable bonds is 4. The minimum Gasteiger partial charge on any atom is -0.490 e. The van der Waals surface area contributed by atoms with Crippen molar-refractivity contribution in [3.8, 4) is 16.9 Å². The van der Waals surface area contributed by atoms with Crippen LogP contribution in [-0.4, -0.2) is 17.2 Å². The highest BCUT2D eigenvalue weighted by Gasteiger charge is 2.12. The maximum absolute atomic E-state index is 11.1. The molecule has 0 heterocycles. The first-order valence-corrected chi connectivity index (χ1v) is 6.17. The third-order valence-electron chi connectivity index (χ3n) is 2.67. The molecule has 3 heteroatoms. The number of carboxylic acids is 1. The standard InChI is InChI=1S/C16H16O3/c1-11(2)19-15-9-8-13(16(17)18)10-14(15)12-6-4-3-5-7-12/h3-11H,1-2H3,(H,17,18). The largest absolute Gasteiger partial charge is 0.490 e. The van der Waals surface area contributed by atoms with E-state index in [-0.39, 0.29) is 11.7 Å². The molecule has 0 radical (unpaired) electrons. The molecule has 98 valence electrons. The first-order valence-electron chi connectivity index (χ1n) is 6.17. The first kappa shape index (κ1) is 13.1. The summed E-state index contributed by atoms with van der Waals surface area (Å²) in [4.78, 5) is 11.1. The molecule has 0 bridgehead atoms. The summed E-state index contributed by atoms with van der Waals surface area (Å²) >= 11 is 0. The van der Waals surface area contributed by atoms with Gasteiger partial charge in [0.25, 0.3) is 0 Å². The fraction of sp³-hybridized carbons (Fsp3) is 0.188. The van der Waals surface area contributed by atoms with Crippen LogP contribution in [0.25, 0.3) is 11.1 Å². The molecule has 0 amide bonds. The van der Waals surface area contributed by atoms with E-state index in [9.17, 15) is 4.79 Å². The van der Waals surface area contributed by atoms with E-state index < -0.39 is 5.97 Å². The van der Waals surface area contributed by atoms with Gasteiger partial charge in [-0.3, -0.25) is 0 Å². The topological polar surface area (TPSA) is 46.5 Å². The van der Waals surface area contributed by atoms with Gasteiger partial charge in [-0.1, -0.05) is 30.3 Å². The van der Waals surface area contributed by atoms with Crippen LogP contribution >= 0.6 is 0 Å². The third kappa shape index (κ3) is 3.13. The Morgan fingerprint density at radius 1 is 1.11 bits per heavy atom. The molecule has 2 aromatic carbocycles. The Morgan fingerprint density at radius 3 is 2.37 bits per heavy atom. The molecule has 0 aromatic heterocycles. The highest BCUT2D eigenvalue weighted by Crippen LogP contribution is 2.31. The molecule has 2 rings (SSSR count). The van der Waals surface area contributed by atoms with Crippen LogP contribution in [-0.2, 0) is 0 Å². The minimum atomic E-state index is -0.937. The van der Waals surface area contributed by atoms with Gasteiger partial charge < -0.3 is 9.84 Å². The molecule has 0 fully saturated rings. The molecule has 1 N–H and O–H groups in total. The maximum Gasteiger partial charge on any atom is 0.335 e. The zero-order chi connectivity index (χ0) is 13.8. The van der Waals surface area contributed by atoms with Crippen LogP contribution < -0.4 is 4.74 Å². The summed E-state index contributed by atoms with van der Waals surface area (Å²) in [6.07, 6.45) is 0.0399. The predicted octanol–water partition coefficient (Wildman–Crippen LogP) is 3.84. The second-order valence-corrected chi connectivity index (χ2v) is 4.55. The molecule has 2 aromatic rings. The molecule has 0 spiro atoms. The summed E-state index contributed by atoms with van der Waals surface area (Å²) in [5.41, 5.74) is 2.01. The second-order valence-electron chi connectivity index (χ2n) is 4.55. The molecule has 0 unspecified atom stereocenters. The van der Waals surface area contributed by atoms with E-state index in [1.54, 1.807) is 18.2 Å². The number of carbonyl (C=O) groups is 1. The Bertz CT molecular complexity index is 574. The van der Waals surface area contributed by atoms with Gasteiger partial charge in [-0.15, -0.1) is 0 Å². The Hall–Kier alpha value is -2.29. The van der Waals surface area contributed by atoms with Crippen molar-refractivity contribution in [2.75, 3.05) is 0 Å². The fourth-order valence-electron chi connectivity index (χ4n) is 1.86. The normalized spacial score (nSPS) is 10.5. The van der Waals surface area contributed by atoms with Crippen molar-refractivity contribution >= 4 is 5.97 Å². The highest BCUT2D eigenvalue weighted by atomic mass is 16.5. The summed E-state index contributed by atoms with van der Waals surface area (Å²) in [5, 5.41) is 9.09. The summed E-state index contributed by atoms with van der Waals surface area (Å²) < 4.78 is 5.74. The molecule has 0 aliphatic heterocycles. The van der Waals surface area contributed by atoms with Crippen molar-refractivity contribution in [3.05, 3.63) is 54.1 Å². The second kappa shape index (κ2) is 5.57. The van der Waals surface area contributed by atoms with Gasteiger partial charge in [0, 0.05) is 5.56 Å². The lowest BCUT2D eigenvalue weighted by Gasteiger charge is -2.15. The van der Waals surface area contributed by atoms with Crippen molar-refractivity contribution in [1.29, 1.82) is 0 Å². The molecule has 19 heavy (non-hydrogen) atoms. The van der Waals surface area contributed by atoms with Crippen molar-refractivity contribution in [2.45, 2.75) is 20.0 Å². The van der Waals surface area contributed by atoms with Gasteiger partial charge in [-0.05, 0) is 37.6 Å². The Labute approximate surface area is 112 Å². The van der Waals surface area contributed by atoms with Crippen LogP contribution in [0.2, 0.25) is 0 Å². The van der Waals surface area contributed by atoms with Gasteiger partial charge in [0.15, 0.2) is 0 Å². The molecule has 0 saturated carbocycles. The number of hydrogen-bond acceptors (Lipinski definition) is 2. The van der Waals surface area contributed by atoms with Crippen molar-refractivity contribution in [1.82, 2.24) is 0 Å². The van der Waals surface area contributed by atoms with Gasteiger partial charge in [0.2, 0.25) is 0 Å². The van der Waals surface area contributed by atoms with E-state index in [1.165, 1.54) is 0 Å². The quantitative estimate of drug-likeness (QED) is 0.904. The summed E-state index contributed by atoms with van der Waals surface area (Å²) in [5.74, 6) is -0.237. The van der Waals surface area contributed by atoms with Crippen LogP contribution in [0, 0.1) is 0 Å². The smallest absolute Gasteiger partial charge is 0.335 e. The highest BCUT2D eigenvalue weighted by molar-refractivity contribution is 5.90. The van der Waals surface area contributed by atoms with Crippen LogP contribution in [0.4, 0.5) is 0 Å². The number of benzene rings is 2. The Morgan fingerprint density at radius 2 is 1.79 bits per heavy atom. The number of carboxylic acid groups (broad SMARTS) is 1. The predicted molar refractivity (Wildman–Crippen MR) is 74.6 cm³/mol. The molecule has 3 nitrogen and oxygen atoms in total. The lowest BCUT2D eigenvalue weighted by Crippen LogP contribution is -2.07. The van der Waals surface area contributed by atoms with E-state index in [0.717, 1.165) is 11.1 Å². The lowest BCUT2D eigenvalue weighted by atomic mass is 10.0. The monoisotopic (exact) mass is 256 g/mol. The summed E-state index contributed by atoms with van der Waals surface area (Å²) in [6.45, 7) is 3.89. The van der Waals surface area contributed by atoms with Gasteiger partial charge in [-0.25, -0.2) is 4.79 Å². The van der Waals surface area contributed by atoms with Gasteiger partial charge in [0.1, 0.15) is 5.75 Å². The molecule has 0 aliphatic rings. The fourth-order valence-corrected chi connectivity index (χ4v) is 1.86. The zero-order valence-electron chi connectivity index (χ0n) is 11.0. The third-order valence-corrected chi connectivity index (χ3v) is 2.67. The van der Waals surface area contributed by atoms with Crippen molar-refractivity contribution in [2.24, 2.45) is 0 Å². The van der Waals surface area contributed by atoms with Crippen LogP contribution in [0.5, 0.6) is 5.75 Å². The van der Waals surface area contributed by atoms with E-state index in [1.807, 2.05) is 44.2 Å². The van der Waals surface area contributed by atoms with E-state index in [4.69, 9.17) is 9.84 Å². The van der Waals surface area contributed by atoms with Crippen LogP contribution in [0.3, 0.4) is 0 Å². The van der Waals surface area contributed by atoms with E-state index in [2.05, 4.69) is 0 Å². The van der Waals surface area contributed by atoms with Crippen molar-refractivity contribution in [3.63, 3.8) is 0 Å². The van der Waals surface area contributed by atoms with Crippen LogP contribution in [0.15, 0.2) is 48.5 Å². The first-order chi connectivity index (χ1) is 9.08. The Balaban J connectivity index is 2.53. The molecule has 0 saturated heterocycles. The van der Waals surface area contributed by atoms with E-state index >= 15 is 0 Å². The maximum atomic E-state index is 11.1. The summed E-state index contributed by atoms with van der Waals surface area (Å²) in [7, 11) is 0. The van der Waals surface area contributed by atoms with Crippen molar-refractivity contribution < 1.29 is 14.6 Å². The number of hydrogen-bond donors (Lipinski definition) is 1. The van der Waals surface area contributed by atoms with Gasteiger partial charge in [-0.2, -0.15) is 0 Å². The van der Waals surface area contributed by atoms with E-state index in [0.29, 0.717) is 5.75 Å². The minimum absolute atomic E-state index is 0.0399. The zero-order valence-corrected chi connectivity index (χ0v) is 11.0. The Kier molecular flexibility index (Phi) is 3.85. The average molecular weight is 256 g/mol. The molecule has 0 atom stereocenters. The van der Waals surface area contributed by atoms with Gasteiger partial charge >= 0.3 is 5.97 Å². The molecular weight excluding hydrogens is 240 g/mol. The molecular formula is C16H16O3. The van der Waals surface area contributed by atoms with Gasteiger partial charge in [0.05, 0.1) is 11.7 Å². The SMILES string of the molecule is CC(C)Oc1ccc(C(=O)O)cc1-c1ccccc1. The number of aromatic carboxylic acids is 1.